The highest BCUT2D eigenvalue weighted by Gasteiger charge is 2.09. The number of nitrogens with one attached hydrogen (secondary N) is 2. The Morgan fingerprint density at radius 1 is 1.00 bits per heavy atom. The summed E-state index contributed by atoms with van der Waals surface area (Å²) in [5, 5.41) is 7.35. The molecule has 3 rings (SSSR count). The number of carbonyl (C=O) groups excluding carboxylic acids is 1. The number of pyridine rings is 1. The zero-order valence-corrected chi connectivity index (χ0v) is 15.6. The Kier molecular flexibility index (Phi) is 5.76. The maximum absolute atomic E-state index is 12.4. The largest absolute Gasteiger partial charge is 0.380 e. The minimum absolute atomic E-state index is 0.251. The average molecular weight is 386 g/mol. The molecule has 6 heteroatoms. The van der Waals surface area contributed by atoms with Crippen LogP contribution in [0.2, 0.25) is 10.0 Å². The third-order valence-electron chi connectivity index (χ3n) is 3.87. The van der Waals surface area contributed by atoms with Crippen molar-refractivity contribution in [2.75, 3.05) is 10.6 Å². The van der Waals surface area contributed by atoms with Crippen molar-refractivity contribution in [1.82, 2.24) is 4.98 Å². The Bertz CT molecular complexity index is 944. The molecule has 1 amide bonds. The molecule has 0 saturated carbocycles. The SMILES string of the molecule is Cc1ccc(NC(=O)c2cncc(NCc3ccccc3Cl)c2)cc1Cl. The molecule has 0 bridgehead atoms. The van der Waals surface area contributed by atoms with Gasteiger partial charge in [0.1, 0.15) is 0 Å². The summed E-state index contributed by atoms with van der Waals surface area (Å²) in [5.74, 6) is -0.251. The van der Waals surface area contributed by atoms with Gasteiger partial charge in [-0.05, 0) is 42.3 Å². The number of amides is 1. The summed E-state index contributed by atoms with van der Waals surface area (Å²) in [6, 6.07) is 14.7. The van der Waals surface area contributed by atoms with Crippen LogP contribution in [0.1, 0.15) is 21.5 Å². The molecule has 0 aliphatic rings. The summed E-state index contributed by atoms with van der Waals surface area (Å²) >= 11 is 12.3. The summed E-state index contributed by atoms with van der Waals surface area (Å²) < 4.78 is 0. The Morgan fingerprint density at radius 3 is 2.58 bits per heavy atom. The van der Waals surface area contributed by atoms with Crippen molar-refractivity contribution in [3.05, 3.63) is 87.7 Å². The molecular formula is C20H17Cl2N3O. The molecule has 0 radical (unpaired) electrons. The highest BCUT2D eigenvalue weighted by molar-refractivity contribution is 6.31. The lowest BCUT2D eigenvalue weighted by Gasteiger charge is -2.10. The van der Waals surface area contributed by atoms with Crippen molar-refractivity contribution in [3.8, 4) is 0 Å². The highest BCUT2D eigenvalue weighted by Crippen LogP contribution is 2.21. The Labute approximate surface area is 162 Å². The number of hydrogen-bond donors (Lipinski definition) is 2. The second kappa shape index (κ2) is 8.21. The van der Waals surface area contributed by atoms with E-state index < -0.39 is 0 Å². The van der Waals surface area contributed by atoms with Gasteiger partial charge in [-0.1, -0.05) is 47.5 Å². The van der Waals surface area contributed by atoms with Crippen LogP contribution in [0, 0.1) is 6.92 Å². The van der Waals surface area contributed by atoms with Crippen LogP contribution in [0.15, 0.2) is 60.9 Å². The minimum Gasteiger partial charge on any atom is -0.380 e. The molecule has 1 heterocycles. The number of hydrogen-bond acceptors (Lipinski definition) is 3. The normalized spacial score (nSPS) is 10.4. The predicted octanol–water partition coefficient (Wildman–Crippen LogP) is 5.56. The van der Waals surface area contributed by atoms with E-state index in [-0.39, 0.29) is 5.91 Å². The quantitative estimate of drug-likeness (QED) is 0.604. The highest BCUT2D eigenvalue weighted by atomic mass is 35.5. The fraction of sp³-hybridized carbons (Fsp3) is 0.100. The number of anilines is 2. The molecule has 4 nitrogen and oxygen atoms in total. The summed E-state index contributed by atoms with van der Waals surface area (Å²) in [5.41, 5.74) is 3.75. The molecule has 0 spiro atoms. The van der Waals surface area contributed by atoms with Crippen LogP contribution < -0.4 is 10.6 Å². The van der Waals surface area contributed by atoms with Gasteiger partial charge >= 0.3 is 0 Å². The zero-order chi connectivity index (χ0) is 18.5. The lowest BCUT2D eigenvalue weighted by atomic mass is 10.2. The zero-order valence-electron chi connectivity index (χ0n) is 14.1. The molecule has 132 valence electrons. The van der Waals surface area contributed by atoms with Gasteiger partial charge in [-0.2, -0.15) is 0 Å². The number of nitrogens with zero attached hydrogens (tertiary/aromatic N) is 1. The van der Waals surface area contributed by atoms with Crippen molar-refractivity contribution in [1.29, 1.82) is 0 Å². The summed E-state index contributed by atoms with van der Waals surface area (Å²) in [6.07, 6.45) is 3.18. The van der Waals surface area contributed by atoms with E-state index >= 15 is 0 Å². The maximum Gasteiger partial charge on any atom is 0.257 e. The fourth-order valence-electron chi connectivity index (χ4n) is 2.37. The van der Waals surface area contributed by atoms with E-state index in [0.29, 0.717) is 27.8 Å². The first-order chi connectivity index (χ1) is 12.5. The number of aromatic nitrogens is 1. The molecule has 2 aromatic carbocycles. The van der Waals surface area contributed by atoms with Gasteiger partial charge in [0, 0.05) is 34.7 Å². The molecule has 1 aromatic heterocycles. The van der Waals surface area contributed by atoms with Gasteiger partial charge in [0.15, 0.2) is 0 Å². The molecule has 0 aliphatic carbocycles. The summed E-state index contributed by atoms with van der Waals surface area (Å²) in [4.78, 5) is 16.6. The summed E-state index contributed by atoms with van der Waals surface area (Å²) in [7, 11) is 0. The number of carbonyl (C=O) groups is 1. The average Bonchev–Trinajstić information content (AvgIpc) is 2.64. The molecule has 0 unspecified atom stereocenters. The van der Waals surface area contributed by atoms with Crippen LogP contribution in [0.5, 0.6) is 0 Å². The monoisotopic (exact) mass is 385 g/mol. The number of benzene rings is 2. The van der Waals surface area contributed by atoms with Gasteiger partial charge in [-0.3, -0.25) is 9.78 Å². The number of rotatable bonds is 5. The van der Waals surface area contributed by atoms with Gasteiger partial charge in [0.25, 0.3) is 5.91 Å². The van der Waals surface area contributed by atoms with Crippen LogP contribution in [0.3, 0.4) is 0 Å². The first-order valence-corrected chi connectivity index (χ1v) is 8.78. The lowest BCUT2D eigenvalue weighted by molar-refractivity contribution is 0.102. The Morgan fingerprint density at radius 2 is 1.81 bits per heavy atom. The van der Waals surface area contributed by atoms with Crippen molar-refractivity contribution in [2.24, 2.45) is 0 Å². The van der Waals surface area contributed by atoms with Crippen LogP contribution >= 0.6 is 23.2 Å². The van der Waals surface area contributed by atoms with E-state index in [2.05, 4.69) is 15.6 Å². The Balaban J connectivity index is 1.69. The molecule has 3 aromatic rings. The van der Waals surface area contributed by atoms with E-state index in [0.717, 1.165) is 16.8 Å². The number of halogens is 2. The maximum atomic E-state index is 12.4. The van der Waals surface area contributed by atoms with E-state index in [4.69, 9.17) is 23.2 Å². The van der Waals surface area contributed by atoms with E-state index in [9.17, 15) is 4.79 Å². The van der Waals surface area contributed by atoms with Gasteiger partial charge in [-0.25, -0.2) is 0 Å². The van der Waals surface area contributed by atoms with Crippen LogP contribution in [-0.2, 0) is 6.54 Å². The van der Waals surface area contributed by atoms with Crippen molar-refractivity contribution < 1.29 is 4.79 Å². The van der Waals surface area contributed by atoms with Crippen LogP contribution in [0.4, 0.5) is 11.4 Å². The number of aryl methyl sites for hydroxylation is 1. The third kappa shape index (κ3) is 4.54. The van der Waals surface area contributed by atoms with E-state index in [1.54, 1.807) is 18.3 Å². The standard InChI is InChI=1S/C20H17Cl2N3O/c1-13-6-7-16(9-19(13)22)25-20(26)15-8-17(12-23-10-15)24-11-14-4-2-3-5-18(14)21/h2-10,12,24H,11H2,1H3,(H,25,26). The molecular weight excluding hydrogens is 369 g/mol. The first kappa shape index (κ1) is 18.2. The van der Waals surface area contributed by atoms with Gasteiger partial charge in [-0.15, -0.1) is 0 Å². The van der Waals surface area contributed by atoms with E-state index in [1.807, 2.05) is 43.3 Å². The van der Waals surface area contributed by atoms with Crippen molar-refractivity contribution >= 4 is 40.5 Å². The lowest BCUT2D eigenvalue weighted by Crippen LogP contribution is -2.13. The third-order valence-corrected chi connectivity index (χ3v) is 4.65. The second-order valence-corrected chi connectivity index (χ2v) is 6.64. The predicted molar refractivity (Wildman–Crippen MR) is 107 cm³/mol. The molecule has 26 heavy (non-hydrogen) atoms. The van der Waals surface area contributed by atoms with Crippen LogP contribution in [0.25, 0.3) is 0 Å². The fourth-order valence-corrected chi connectivity index (χ4v) is 2.76. The Hall–Kier alpha value is -2.56. The molecule has 0 aliphatic heterocycles. The molecule has 2 N–H and O–H groups in total. The van der Waals surface area contributed by atoms with Gasteiger partial charge < -0.3 is 10.6 Å². The van der Waals surface area contributed by atoms with Crippen molar-refractivity contribution in [3.63, 3.8) is 0 Å². The first-order valence-electron chi connectivity index (χ1n) is 8.03. The minimum atomic E-state index is -0.251. The molecule has 0 saturated heterocycles. The smallest absolute Gasteiger partial charge is 0.257 e. The second-order valence-electron chi connectivity index (χ2n) is 5.83. The van der Waals surface area contributed by atoms with Gasteiger partial charge in [0.05, 0.1) is 11.3 Å². The summed E-state index contributed by atoms with van der Waals surface area (Å²) in [6.45, 7) is 2.45. The van der Waals surface area contributed by atoms with Crippen molar-refractivity contribution in [2.45, 2.75) is 13.5 Å². The van der Waals surface area contributed by atoms with Gasteiger partial charge in [0.2, 0.25) is 0 Å². The van der Waals surface area contributed by atoms with Crippen LogP contribution in [-0.4, -0.2) is 10.9 Å². The molecule has 0 fully saturated rings. The van der Waals surface area contributed by atoms with E-state index in [1.165, 1.54) is 6.20 Å². The molecule has 0 atom stereocenters. The topological polar surface area (TPSA) is 54.0 Å².